The van der Waals surface area contributed by atoms with Crippen molar-refractivity contribution >= 4 is 22.4 Å². The van der Waals surface area contributed by atoms with Crippen molar-refractivity contribution in [2.24, 2.45) is 5.73 Å². The highest BCUT2D eigenvalue weighted by atomic mass is 35.5. The summed E-state index contributed by atoms with van der Waals surface area (Å²) in [5.74, 6) is -4.19. The summed E-state index contributed by atoms with van der Waals surface area (Å²) in [6, 6.07) is 0.514. The van der Waals surface area contributed by atoms with Crippen LogP contribution in [-0.4, -0.2) is 21.5 Å². The molecule has 9 heteroatoms. The molecule has 0 saturated carbocycles. The van der Waals surface area contributed by atoms with E-state index < -0.39 is 32.4 Å². The zero-order chi connectivity index (χ0) is 13.8. The lowest BCUT2D eigenvalue weighted by Gasteiger charge is -2.07. The topological polar surface area (TPSA) is 72.2 Å². The Morgan fingerprint density at radius 1 is 1.05 bits per heavy atom. The Hall–Kier alpha value is -0.830. The summed E-state index contributed by atoms with van der Waals surface area (Å²) in [5.41, 5.74) is 5.22. The van der Waals surface area contributed by atoms with Gasteiger partial charge in [0.2, 0.25) is 10.0 Å². The molecule has 0 bridgehead atoms. The van der Waals surface area contributed by atoms with Gasteiger partial charge in [0, 0.05) is 12.6 Å². The van der Waals surface area contributed by atoms with E-state index in [1.54, 1.807) is 0 Å². The highest BCUT2D eigenvalue weighted by molar-refractivity contribution is 7.89. The van der Waals surface area contributed by atoms with E-state index in [1.165, 1.54) is 0 Å². The summed E-state index contributed by atoms with van der Waals surface area (Å²) in [7, 11) is -4.18. The van der Waals surface area contributed by atoms with Crippen molar-refractivity contribution in [3.05, 3.63) is 29.6 Å². The van der Waals surface area contributed by atoms with Gasteiger partial charge in [-0.2, -0.15) is 0 Å². The van der Waals surface area contributed by atoms with E-state index >= 15 is 0 Å². The fraction of sp³-hybridized carbons (Fsp3) is 0.400. The van der Waals surface area contributed by atoms with Crippen LogP contribution in [0, 0.1) is 17.5 Å². The molecule has 0 aliphatic carbocycles. The van der Waals surface area contributed by atoms with Crippen LogP contribution in [0.1, 0.15) is 12.8 Å². The second-order valence-corrected chi connectivity index (χ2v) is 5.33. The zero-order valence-electron chi connectivity index (χ0n) is 9.83. The van der Waals surface area contributed by atoms with Crippen LogP contribution in [-0.2, 0) is 10.0 Å². The van der Waals surface area contributed by atoms with Crippen molar-refractivity contribution in [2.45, 2.75) is 17.7 Å². The SMILES string of the molecule is Cl.NCCCCNS(=O)(=O)c1cc(F)c(F)cc1F. The first-order valence-electron chi connectivity index (χ1n) is 5.23. The van der Waals surface area contributed by atoms with Gasteiger partial charge in [-0.3, -0.25) is 0 Å². The van der Waals surface area contributed by atoms with Crippen LogP contribution < -0.4 is 10.5 Å². The number of benzene rings is 1. The van der Waals surface area contributed by atoms with Crippen molar-refractivity contribution in [1.29, 1.82) is 0 Å². The van der Waals surface area contributed by atoms with E-state index in [4.69, 9.17) is 5.73 Å². The molecule has 0 atom stereocenters. The highest BCUT2D eigenvalue weighted by Gasteiger charge is 2.21. The molecule has 0 aromatic heterocycles. The molecular formula is C10H14ClF3N2O2S. The Morgan fingerprint density at radius 2 is 1.63 bits per heavy atom. The van der Waals surface area contributed by atoms with E-state index in [1.807, 2.05) is 0 Å². The Kier molecular flexibility index (Phi) is 7.35. The molecule has 0 saturated heterocycles. The van der Waals surface area contributed by atoms with Crippen LogP contribution >= 0.6 is 12.4 Å². The molecular weight excluding hydrogens is 305 g/mol. The predicted molar refractivity (Wildman–Crippen MR) is 67.0 cm³/mol. The van der Waals surface area contributed by atoms with E-state index in [2.05, 4.69) is 4.72 Å². The van der Waals surface area contributed by atoms with E-state index in [9.17, 15) is 21.6 Å². The third-order valence-corrected chi connectivity index (χ3v) is 3.66. The first-order chi connectivity index (χ1) is 8.38. The minimum absolute atomic E-state index is 0. The standard InChI is InChI=1S/C10H13F3N2O2S.ClH/c11-7-5-9(13)10(6-8(7)12)18(16,17)15-4-2-1-3-14;/h5-6,15H,1-4,14H2;1H. The Morgan fingerprint density at radius 3 is 2.21 bits per heavy atom. The normalized spacial score (nSPS) is 11.2. The quantitative estimate of drug-likeness (QED) is 0.617. The largest absolute Gasteiger partial charge is 0.330 e. The Labute approximate surface area is 115 Å². The summed E-state index contributed by atoms with van der Waals surface area (Å²) in [6.07, 6.45) is 1.07. The number of sulfonamides is 1. The molecule has 0 spiro atoms. The van der Waals surface area contributed by atoms with Gasteiger partial charge < -0.3 is 5.73 Å². The molecule has 19 heavy (non-hydrogen) atoms. The maximum atomic E-state index is 13.3. The summed E-state index contributed by atoms with van der Waals surface area (Å²) in [6.45, 7) is 0.458. The summed E-state index contributed by atoms with van der Waals surface area (Å²) in [4.78, 5) is -0.908. The number of nitrogens with one attached hydrogen (secondary N) is 1. The molecule has 1 rings (SSSR count). The Balaban J connectivity index is 0.00000324. The minimum atomic E-state index is -4.18. The maximum absolute atomic E-state index is 13.3. The summed E-state index contributed by atoms with van der Waals surface area (Å²) < 4.78 is 64.1. The van der Waals surface area contributed by atoms with Crippen molar-refractivity contribution in [2.75, 3.05) is 13.1 Å². The number of hydrogen-bond donors (Lipinski definition) is 2. The lowest BCUT2D eigenvalue weighted by atomic mass is 10.3. The van der Waals surface area contributed by atoms with Gasteiger partial charge in [0.1, 0.15) is 10.7 Å². The molecule has 0 unspecified atom stereocenters. The molecule has 0 heterocycles. The van der Waals surface area contributed by atoms with Gasteiger partial charge >= 0.3 is 0 Å². The van der Waals surface area contributed by atoms with Crippen LogP contribution in [0.5, 0.6) is 0 Å². The van der Waals surface area contributed by atoms with Gasteiger partial charge in [0.25, 0.3) is 0 Å². The Bertz CT molecular complexity index is 526. The first kappa shape index (κ1) is 18.2. The fourth-order valence-electron chi connectivity index (χ4n) is 1.26. The third-order valence-electron chi connectivity index (χ3n) is 2.19. The number of hydrogen-bond acceptors (Lipinski definition) is 3. The van der Waals surface area contributed by atoms with Crippen LogP contribution in [0.25, 0.3) is 0 Å². The van der Waals surface area contributed by atoms with Gasteiger partial charge in [0.15, 0.2) is 11.6 Å². The van der Waals surface area contributed by atoms with Crippen LogP contribution in [0.2, 0.25) is 0 Å². The van der Waals surface area contributed by atoms with Crippen molar-refractivity contribution < 1.29 is 21.6 Å². The average Bonchev–Trinajstić information content (AvgIpc) is 2.29. The van der Waals surface area contributed by atoms with Gasteiger partial charge in [0.05, 0.1) is 0 Å². The molecule has 0 aliphatic rings. The second kappa shape index (κ2) is 7.68. The lowest BCUT2D eigenvalue weighted by Crippen LogP contribution is -2.26. The second-order valence-electron chi connectivity index (χ2n) is 3.59. The lowest BCUT2D eigenvalue weighted by molar-refractivity contribution is 0.481. The van der Waals surface area contributed by atoms with Crippen LogP contribution in [0.4, 0.5) is 13.2 Å². The number of halogens is 4. The average molecular weight is 319 g/mol. The van der Waals surface area contributed by atoms with Gasteiger partial charge in [-0.1, -0.05) is 0 Å². The zero-order valence-corrected chi connectivity index (χ0v) is 11.5. The van der Waals surface area contributed by atoms with E-state index in [0.29, 0.717) is 25.5 Å². The third kappa shape index (κ3) is 4.98. The predicted octanol–water partition coefficient (Wildman–Crippen LogP) is 1.54. The minimum Gasteiger partial charge on any atom is -0.330 e. The van der Waals surface area contributed by atoms with E-state index in [0.717, 1.165) is 0 Å². The molecule has 0 amide bonds. The maximum Gasteiger partial charge on any atom is 0.243 e. The molecule has 110 valence electrons. The van der Waals surface area contributed by atoms with Crippen molar-refractivity contribution in [3.63, 3.8) is 0 Å². The fourth-order valence-corrected chi connectivity index (χ4v) is 2.41. The van der Waals surface area contributed by atoms with E-state index in [-0.39, 0.29) is 25.0 Å². The highest BCUT2D eigenvalue weighted by Crippen LogP contribution is 2.18. The van der Waals surface area contributed by atoms with Crippen molar-refractivity contribution in [1.82, 2.24) is 4.72 Å². The molecule has 1 aromatic carbocycles. The van der Waals surface area contributed by atoms with Gasteiger partial charge in [-0.05, 0) is 25.5 Å². The molecule has 0 fully saturated rings. The van der Waals surface area contributed by atoms with Crippen LogP contribution in [0.15, 0.2) is 17.0 Å². The summed E-state index contributed by atoms with van der Waals surface area (Å²) in [5, 5.41) is 0. The molecule has 1 aromatic rings. The molecule has 4 nitrogen and oxygen atoms in total. The number of unbranched alkanes of at least 4 members (excludes halogenated alkanes) is 1. The first-order valence-corrected chi connectivity index (χ1v) is 6.71. The molecule has 0 radical (unpaired) electrons. The van der Waals surface area contributed by atoms with Gasteiger partial charge in [-0.25, -0.2) is 26.3 Å². The molecule has 0 aliphatic heterocycles. The van der Waals surface area contributed by atoms with Gasteiger partial charge in [-0.15, -0.1) is 12.4 Å². The summed E-state index contributed by atoms with van der Waals surface area (Å²) >= 11 is 0. The van der Waals surface area contributed by atoms with Crippen molar-refractivity contribution in [3.8, 4) is 0 Å². The van der Waals surface area contributed by atoms with Crippen LogP contribution in [0.3, 0.4) is 0 Å². The monoisotopic (exact) mass is 318 g/mol. The smallest absolute Gasteiger partial charge is 0.243 e. The number of rotatable bonds is 6. The number of nitrogens with two attached hydrogens (primary N) is 1. The molecule has 3 N–H and O–H groups in total.